The van der Waals surface area contributed by atoms with Crippen LogP contribution < -0.4 is 0 Å². The Morgan fingerprint density at radius 1 is 1.08 bits per heavy atom. The van der Waals surface area contributed by atoms with E-state index in [0.717, 1.165) is 27.8 Å². The minimum Gasteiger partial charge on any atom is -0.333 e. The Morgan fingerprint density at radius 2 is 1.92 bits per heavy atom. The zero-order valence-corrected chi connectivity index (χ0v) is 14.4. The molecular formula is C19H18N4S. The number of aromatic amines is 1. The number of nitrogens with one attached hydrogen (secondary N) is 1. The zero-order valence-electron chi connectivity index (χ0n) is 13.6. The number of hydrogen-bond acceptors (Lipinski definition) is 3. The van der Waals surface area contributed by atoms with E-state index < -0.39 is 0 Å². The highest BCUT2D eigenvalue weighted by atomic mass is 32.2. The van der Waals surface area contributed by atoms with Gasteiger partial charge in [0.05, 0.1) is 22.8 Å². The van der Waals surface area contributed by atoms with Crippen LogP contribution in [-0.4, -0.2) is 19.4 Å². The van der Waals surface area contributed by atoms with Gasteiger partial charge in [0.15, 0.2) is 5.16 Å². The molecule has 0 radical (unpaired) electrons. The van der Waals surface area contributed by atoms with E-state index in [0.29, 0.717) is 0 Å². The summed E-state index contributed by atoms with van der Waals surface area (Å²) in [7, 11) is 0. The quantitative estimate of drug-likeness (QED) is 0.541. The lowest BCUT2D eigenvalue weighted by Crippen LogP contribution is -1.89. The number of pyridine rings is 1. The normalized spacial score (nSPS) is 12.6. The van der Waals surface area contributed by atoms with Crippen molar-refractivity contribution < 1.29 is 0 Å². The van der Waals surface area contributed by atoms with Gasteiger partial charge in [-0.25, -0.2) is 9.97 Å². The highest BCUT2D eigenvalue weighted by Gasteiger charge is 2.14. The second kappa shape index (κ2) is 6.17. The number of thioether (sulfide) groups is 1. The Balaban J connectivity index is 1.56. The van der Waals surface area contributed by atoms with Crippen molar-refractivity contribution in [2.45, 2.75) is 24.3 Å². The largest absolute Gasteiger partial charge is 0.333 e. The number of fused-ring (bicyclic) bond motifs is 1. The third-order valence-electron chi connectivity index (χ3n) is 4.06. The number of imidazole rings is 2. The average Bonchev–Trinajstić information content (AvgIpc) is 3.23. The van der Waals surface area contributed by atoms with Gasteiger partial charge in [0, 0.05) is 11.9 Å². The van der Waals surface area contributed by atoms with Crippen LogP contribution in [-0.2, 0) is 0 Å². The summed E-state index contributed by atoms with van der Waals surface area (Å²) in [5, 5.41) is 1.13. The molecule has 0 amide bonds. The van der Waals surface area contributed by atoms with Crippen LogP contribution in [0.1, 0.15) is 23.6 Å². The first kappa shape index (κ1) is 15.0. The Kier molecular flexibility index (Phi) is 3.86. The second-order valence-corrected chi connectivity index (χ2v) is 7.12. The van der Waals surface area contributed by atoms with Crippen molar-refractivity contribution in [1.82, 2.24) is 19.4 Å². The summed E-state index contributed by atoms with van der Waals surface area (Å²) in [4.78, 5) is 12.6. The smallest absolute Gasteiger partial charge is 0.166 e. The van der Waals surface area contributed by atoms with Gasteiger partial charge in [-0.15, -0.1) is 0 Å². The Bertz CT molecular complexity index is 971. The molecule has 4 aromatic rings. The molecule has 0 aliphatic carbocycles. The lowest BCUT2D eigenvalue weighted by Gasteiger charge is -2.05. The van der Waals surface area contributed by atoms with E-state index in [1.165, 1.54) is 5.69 Å². The molecule has 3 aromatic heterocycles. The van der Waals surface area contributed by atoms with Gasteiger partial charge >= 0.3 is 0 Å². The fraction of sp³-hybridized carbons (Fsp3) is 0.158. The highest BCUT2D eigenvalue weighted by molar-refractivity contribution is 7.99. The fourth-order valence-electron chi connectivity index (χ4n) is 2.72. The van der Waals surface area contributed by atoms with Crippen LogP contribution in [0.15, 0.2) is 66.1 Å². The average molecular weight is 334 g/mol. The minimum atomic E-state index is 0.221. The monoisotopic (exact) mass is 334 g/mol. The topological polar surface area (TPSA) is 46.0 Å². The summed E-state index contributed by atoms with van der Waals surface area (Å²) in [6, 6.07) is 16.4. The third-order valence-corrected chi connectivity index (χ3v) is 5.08. The van der Waals surface area contributed by atoms with Gasteiger partial charge in [0.2, 0.25) is 0 Å². The van der Waals surface area contributed by atoms with Crippen LogP contribution in [0.4, 0.5) is 0 Å². The number of aromatic nitrogens is 4. The van der Waals surface area contributed by atoms with Crippen molar-refractivity contribution in [3.63, 3.8) is 0 Å². The molecule has 1 atom stereocenters. The molecule has 1 aromatic carbocycles. The minimum absolute atomic E-state index is 0.221. The molecule has 4 nitrogen and oxygen atoms in total. The van der Waals surface area contributed by atoms with Crippen LogP contribution in [0.25, 0.3) is 16.9 Å². The number of rotatable bonds is 4. The SMILES string of the molecule is Cc1cccc2nc(C(C)Sc3ncc(-c4ccccc4)[nH]3)cn12. The Morgan fingerprint density at radius 3 is 2.71 bits per heavy atom. The molecule has 1 unspecified atom stereocenters. The summed E-state index contributed by atoms with van der Waals surface area (Å²) in [5.41, 5.74) is 5.42. The van der Waals surface area contributed by atoms with Crippen LogP contribution in [0, 0.1) is 6.92 Å². The maximum Gasteiger partial charge on any atom is 0.166 e. The molecule has 0 bridgehead atoms. The lowest BCUT2D eigenvalue weighted by atomic mass is 10.2. The third kappa shape index (κ3) is 2.83. The van der Waals surface area contributed by atoms with E-state index in [2.05, 4.69) is 52.6 Å². The standard InChI is InChI=1S/C19H18N4S/c1-13-7-6-10-18-21-17(12-23(13)18)14(2)24-19-20-11-16(22-19)15-8-4-3-5-9-15/h3-12,14H,1-2H3,(H,20,22). The van der Waals surface area contributed by atoms with Gasteiger partial charge in [-0.3, -0.25) is 0 Å². The molecule has 3 heterocycles. The summed E-state index contributed by atoms with van der Waals surface area (Å²) < 4.78 is 2.13. The van der Waals surface area contributed by atoms with Crippen molar-refractivity contribution >= 4 is 17.4 Å². The molecule has 24 heavy (non-hydrogen) atoms. The van der Waals surface area contributed by atoms with Gasteiger partial charge < -0.3 is 9.38 Å². The molecule has 5 heteroatoms. The maximum atomic E-state index is 4.74. The first-order valence-corrected chi connectivity index (χ1v) is 8.80. The van der Waals surface area contributed by atoms with E-state index in [1.54, 1.807) is 11.8 Å². The summed E-state index contributed by atoms with van der Waals surface area (Å²) in [6.45, 7) is 4.25. The zero-order chi connectivity index (χ0) is 16.5. The summed E-state index contributed by atoms with van der Waals surface area (Å²) in [6.07, 6.45) is 4.00. The summed E-state index contributed by atoms with van der Waals surface area (Å²) in [5.74, 6) is 0. The van der Waals surface area contributed by atoms with Crippen molar-refractivity contribution in [3.05, 3.63) is 72.3 Å². The van der Waals surface area contributed by atoms with Crippen LogP contribution in [0.5, 0.6) is 0 Å². The highest BCUT2D eigenvalue weighted by Crippen LogP contribution is 2.33. The molecule has 120 valence electrons. The number of aryl methyl sites for hydroxylation is 1. The van der Waals surface area contributed by atoms with E-state index in [9.17, 15) is 0 Å². The van der Waals surface area contributed by atoms with Gasteiger partial charge in [-0.05, 0) is 31.5 Å². The van der Waals surface area contributed by atoms with E-state index in [-0.39, 0.29) is 5.25 Å². The van der Waals surface area contributed by atoms with E-state index in [4.69, 9.17) is 4.98 Å². The first-order valence-electron chi connectivity index (χ1n) is 7.92. The fourth-order valence-corrected chi connectivity index (χ4v) is 3.57. The van der Waals surface area contributed by atoms with Crippen molar-refractivity contribution in [2.75, 3.05) is 0 Å². The number of H-pyrrole nitrogens is 1. The van der Waals surface area contributed by atoms with E-state index >= 15 is 0 Å². The summed E-state index contributed by atoms with van der Waals surface area (Å²) >= 11 is 1.69. The predicted octanol–water partition coefficient (Wildman–Crippen LogP) is 4.89. The van der Waals surface area contributed by atoms with Gasteiger partial charge in [-0.2, -0.15) is 0 Å². The maximum absolute atomic E-state index is 4.74. The predicted molar refractivity (Wildman–Crippen MR) is 98.2 cm³/mol. The van der Waals surface area contributed by atoms with Crippen LogP contribution in [0.2, 0.25) is 0 Å². The number of nitrogens with zero attached hydrogens (tertiary/aromatic N) is 3. The van der Waals surface area contributed by atoms with Crippen LogP contribution in [0.3, 0.4) is 0 Å². The number of benzene rings is 1. The molecule has 0 saturated heterocycles. The van der Waals surface area contributed by atoms with Crippen molar-refractivity contribution in [2.24, 2.45) is 0 Å². The van der Waals surface area contributed by atoms with Gasteiger partial charge in [-0.1, -0.05) is 48.2 Å². The van der Waals surface area contributed by atoms with Crippen molar-refractivity contribution in [3.8, 4) is 11.3 Å². The van der Waals surface area contributed by atoms with Crippen LogP contribution >= 0.6 is 11.8 Å². The van der Waals surface area contributed by atoms with Gasteiger partial charge in [0.25, 0.3) is 0 Å². The molecule has 1 N–H and O–H groups in total. The molecule has 0 fully saturated rings. The van der Waals surface area contributed by atoms with Crippen molar-refractivity contribution in [1.29, 1.82) is 0 Å². The van der Waals surface area contributed by atoms with E-state index in [1.807, 2.05) is 36.5 Å². The van der Waals surface area contributed by atoms with Gasteiger partial charge in [0.1, 0.15) is 5.65 Å². The molecule has 0 aliphatic rings. The lowest BCUT2D eigenvalue weighted by molar-refractivity contribution is 0.993. The Hall–Kier alpha value is -2.53. The number of hydrogen-bond donors (Lipinski definition) is 1. The second-order valence-electron chi connectivity index (χ2n) is 5.79. The molecule has 0 spiro atoms. The molecule has 0 saturated carbocycles. The molecule has 0 aliphatic heterocycles. The Labute approximate surface area is 145 Å². The first-order chi connectivity index (χ1) is 11.7. The molecule has 4 rings (SSSR count). The molecular weight excluding hydrogens is 316 g/mol.